The minimum atomic E-state index is -0.615. The van der Waals surface area contributed by atoms with Crippen LogP contribution < -0.4 is 5.76 Å². The number of fused-ring (bicyclic) bond motifs is 5. The number of carbonyl (C=O) groups excluding carboxylic acids is 1. The van der Waals surface area contributed by atoms with Crippen molar-refractivity contribution in [2.75, 3.05) is 0 Å². The number of aliphatic hydroxyl groups is 2. The van der Waals surface area contributed by atoms with Gasteiger partial charge in [-0.05, 0) is 111 Å². The number of hydrogen-bond acceptors (Lipinski definition) is 7. The van der Waals surface area contributed by atoms with Crippen LogP contribution in [0.25, 0.3) is 5.57 Å². The minimum Gasteiger partial charge on any atom is -0.458 e. The largest absolute Gasteiger partial charge is 0.458 e. The van der Waals surface area contributed by atoms with Gasteiger partial charge >= 0.3 is 11.7 Å². The molecule has 5 rings (SSSR count). The number of rotatable bonds is 5. The second kappa shape index (κ2) is 10.3. The van der Waals surface area contributed by atoms with Gasteiger partial charge in [0, 0.05) is 12.5 Å². The van der Waals surface area contributed by atoms with Crippen LogP contribution in [0.15, 0.2) is 26.4 Å². The molecule has 10 atom stereocenters. The topological polar surface area (TPSA) is 126 Å². The van der Waals surface area contributed by atoms with Crippen LogP contribution in [0.1, 0.15) is 106 Å². The van der Waals surface area contributed by atoms with Gasteiger partial charge in [-0.1, -0.05) is 39.3 Å². The maximum absolute atomic E-state index is 12.4. The van der Waals surface area contributed by atoms with E-state index in [1.807, 2.05) is 0 Å². The van der Waals surface area contributed by atoms with Gasteiger partial charge in [0.05, 0.1) is 12.2 Å². The van der Waals surface area contributed by atoms with Crippen LogP contribution >= 0.6 is 0 Å². The van der Waals surface area contributed by atoms with Crippen LogP contribution in [0.4, 0.5) is 0 Å². The molecule has 1 aromatic rings. The number of H-pyrrole nitrogens is 1. The van der Waals surface area contributed by atoms with E-state index < -0.39 is 18.0 Å². The first-order chi connectivity index (χ1) is 18.7. The van der Waals surface area contributed by atoms with E-state index in [0.29, 0.717) is 25.2 Å². The first kappa shape index (κ1) is 29.3. The van der Waals surface area contributed by atoms with Crippen LogP contribution in [0.3, 0.4) is 0 Å². The van der Waals surface area contributed by atoms with E-state index in [1.165, 1.54) is 12.5 Å². The van der Waals surface area contributed by atoms with Crippen LogP contribution in [0.2, 0.25) is 0 Å². The molecule has 0 amide bonds. The minimum absolute atomic E-state index is 0.0523. The molecule has 1 unspecified atom stereocenters. The summed E-state index contributed by atoms with van der Waals surface area (Å²) in [5.41, 5.74) is 2.41. The number of carbonyl (C=O) groups is 1. The summed E-state index contributed by atoms with van der Waals surface area (Å²) in [6.45, 7) is 14.8. The maximum Gasteiger partial charge on any atom is 0.434 e. The SMILES string of the molecule is CC(=O)O[C@H]1C[C@@]2(C)[C@@H](C[C@@H](O)C3[C@]2(C)CC[C@H]2[C@H](C)[C@H](O)CC[C@]32C)/C1=C(\CCC=C(C)C)c1n[nH]c(=O)o1. The van der Waals surface area contributed by atoms with Crippen LogP contribution in [-0.2, 0) is 9.53 Å². The molecule has 8 nitrogen and oxygen atoms in total. The maximum atomic E-state index is 12.4. The molecule has 8 heteroatoms. The van der Waals surface area contributed by atoms with Gasteiger partial charge in [-0.2, -0.15) is 0 Å². The Labute approximate surface area is 237 Å². The van der Waals surface area contributed by atoms with Gasteiger partial charge in [-0.15, -0.1) is 5.10 Å². The molecule has 222 valence electrons. The Morgan fingerprint density at radius 2 is 1.85 bits per heavy atom. The van der Waals surface area contributed by atoms with E-state index >= 15 is 0 Å². The molecule has 40 heavy (non-hydrogen) atoms. The van der Waals surface area contributed by atoms with Gasteiger partial charge < -0.3 is 19.4 Å². The Balaban J connectivity index is 1.65. The molecule has 3 N–H and O–H groups in total. The lowest BCUT2D eigenvalue weighted by atomic mass is 9.36. The molecule has 0 spiro atoms. The number of esters is 1. The Bertz CT molecular complexity index is 1260. The standard InChI is InChI=1S/C32H48N2O6/c1-17(2)9-8-10-20(28-33-34-29(38)40-28)26-22-15-24(37)27-30(5)13-12-23(36)18(3)21(30)11-14-31(27,6)32(22,7)16-25(26)39-19(4)35/h9,18,21-25,27,36-37H,8,10-16H2,1-7H3,(H,34,38)/b26-20-/t18-,21-,22-,23+,24+,25-,27?,30-,31-,32-/m0/s1. The summed E-state index contributed by atoms with van der Waals surface area (Å²) in [4.78, 5) is 24.5. The zero-order valence-electron chi connectivity index (χ0n) is 25.3. The molecule has 0 saturated heterocycles. The van der Waals surface area contributed by atoms with E-state index in [2.05, 4.69) is 57.8 Å². The fraction of sp³-hybridized carbons (Fsp3) is 0.781. The zero-order chi connectivity index (χ0) is 29.2. The Hall–Kier alpha value is -2.19. The fourth-order valence-corrected chi connectivity index (χ4v) is 10.1. The molecule has 4 aliphatic carbocycles. The predicted octanol–water partition coefficient (Wildman–Crippen LogP) is 5.42. The Morgan fingerprint density at radius 3 is 2.48 bits per heavy atom. The van der Waals surface area contributed by atoms with Gasteiger partial charge in [0.2, 0.25) is 5.89 Å². The Morgan fingerprint density at radius 1 is 1.12 bits per heavy atom. The zero-order valence-corrected chi connectivity index (χ0v) is 25.3. The second-order valence-corrected chi connectivity index (χ2v) is 14.3. The number of nitrogens with one attached hydrogen (secondary N) is 1. The van der Waals surface area contributed by atoms with Crippen molar-refractivity contribution in [1.82, 2.24) is 10.2 Å². The summed E-state index contributed by atoms with van der Waals surface area (Å²) < 4.78 is 11.6. The number of nitrogens with zero attached hydrogens (tertiary/aromatic N) is 1. The van der Waals surface area contributed by atoms with Crippen LogP contribution in [-0.4, -0.2) is 44.7 Å². The van der Waals surface area contributed by atoms with Crippen molar-refractivity contribution in [1.29, 1.82) is 0 Å². The highest BCUT2D eigenvalue weighted by Crippen LogP contribution is 2.74. The molecule has 1 heterocycles. The number of ether oxygens (including phenoxy) is 1. The summed E-state index contributed by atoms with van der Waals surface area (Å²) >= 11 is 0. The fourth-order valence-electron chi connectivity index (χ4n) is 10.1. The van der Waals surface area contributed by atoms with Gasteiger partial charge in [0.25, 0.3) is 0 Å². The van der Waals surface area contributed by atoms with E-state index in [0.717, 1.165) is 43.3 Å². The van der Waals surface area contributed by atoms with Gasteiger partial charge in [-0.3, -0.25) is 4.79 Å². The average molecular weight is 557 g/mol. The molecule has 4 aliphatic rings. The van der Waals surface area contributed by atoms with Crippen molar-refractivity contribution in [3.05, 3.63) is 33.7 Å². The van der Waals surface area contributed by atoms with Crippen molar-refractivity contribution in [3.8, 4) is 0 Å². The van der Waals surface area contributed by atoms with Crippen molar-refractivity contribution in [2.24, 2.45) is 39.9 Å². The molecule has 0 bridgehead atoms. The van der Waals surface area contributed by atoms with E-state index in [1.54, 1.807) is 0 Å². The number of aliphatic hydroxyl groups excluding tert-OH is 2. The summed E-state index contributed by atoms with van der Waals surface area (Å²) in [5, 5.41) is 29.4. The molecule has 4 saturated carbocycles. The highest BCUT2D eigenvalue weighted by molar-refractivity contribution is 5.70. The first-order valence-corrected chi connectivity index (χ1v) is 15.2. The summed E-state index contributed by atoms with van der Waals surface area (Å²) in [5.74, 6) is -0.120. The first-order valence-electron chi connectivity index (χ1n) is 15.2. The molecule has 0 radical (unpaired) electrons. The summed E-state index contributed by atoms with van der Waals surface area (Å²) in [7, 11) is 0. The lowest BCUT2D eigenvalue weighted by Crippen LogP contribution is -2.65. The molecular weight excluding hydrogens is 508 g/mol. The molecule has 4 fully saturated rings. The number of allylic oxidation sites excluding steroid dienone is 3. The molecular formula is C32H48N2O6. The average Bonchev–Trinajstić information content (AvgIpc) is 3.40. The summed E-state index contributed by atoms with van der Waals surface area (Å²) in [6, 6.07) is 0. The van der Waals surface area contributed by atoms with Crippen LogP contribution in [0.5, 0.6) is 0 Å². The number of aromatic amines is 1. The Kier molecular flexibility index (Phi) is 7.52. The molecule has 0 aliphatic heterocycles. The number of hydrogen-bond donors (Lipinski definition) is 3. The van der Waals surface area contributed by atoms with Crippen molar-refractivity contribution in [3.63, 3.8) is 0 Å². The van der Waals surface area contributed by atoms with Gasteiger partial charge in [0.1, 0.15) is 6.10 Å². The molecule has 0 aromatic carbocycles. The van der Waals surface area contributed by atoms with Crippen molar-refractivity contribution < 1.29 is 24.2 Å². The third kappa shape index (κ3) is 4.44. The monoisotopic (exact) mass is 556 g/mol. The highest BCUT2D eigenvalue weighted by Gasteiger charge is 2.70. The molecule has 1 aromatic heterocycles. The lowest BCUT2D eigenvalue weighted by molar-refractivity contribution is -0.234. The van der Waals surface area contributed by atoms with Gasteiger partial charge in [0.15, 0.2) is 0 Å². The van der Waals surface area contributed by atoms with Crippen molar-refractivity contribution >= 4 is 11.5 Å². The smallest absolute Gasteiger partial charge is 0.434 e. The van der Waals surface area contributed by atoms with E-state index in [9.17, 15) is 19.8 Å². The highest BCUT2D eigenvalue weighted by atomic mass is 16.5. The summed E-state index contributed by atoms with van der Waals surface area (Å²) in [6.07, 6.45) is 7.02. The van der Waals surface area contributed by atoms with E-state index in [-0.39, 0.29) is 52.0 Å². The third-order valence-corrected chi connectivity index (χ3v) is 12.0. The second-order valence-electron chi connectivity index (χ2n) is 14.3. The normalized spacial score (nSPS) is 43.8. The quantitative estimate of drug-likeness (QED) is 0.327. The van der Waals surface area contributed by atoms with Crippen molar-refractivity contribution in [2.45, 2.75) is 118 Å². The third-order valence-electron chi connectivity index (χ3n) is 12.0. The van der Waals surface area contributed by atoms with Gasteiger partial charge in [-0.25, -0.2) is 9.89 Å². The predicted molar refractivity (Wildman–Crippen MR) is 152 cm³/mol. The number of aromatic nitrogens is 2. The lowest BCUT2D eigenvalue weighted by Gasteiger charge is -2.69. The van der Waals surface area contributed by atoms with E-state index in [4.69, 9.17) is 9.15 Å². The van der Waals surface area contributed by atoms with Crippen LogP contribution in [0, 0.1) is 39.9 Å².